The van der Waals surface area contributed by atoms with Crippen molar-refractivity contribution in [2.24, 2.45) is 0 Å². The zero-order chi connectivity index (χ0) is 13.3. The van der Waals surface area contributed by atoms with Crippen LogP contribution in [0.15, 0.2) is 0 Å². The molecule has 0 heterocycles. The normalized spacial score (nSPS) is 12.1. The van der Waals surface area contributed by atoms with E-state index in [9.17, 15) is 25.3 Å². The summed E-state index contributed by atoms with van der Waals surface area (Å²) in [6.07, 6.45) is -1.37. The summed E-state index contributed by atoms with van der Waals surface area (Å²) in [6.45, 7) is 0. The van der Waals surface area contributed by atoms with Crippen molar-refractivity contribution in [1.29, 1.82) is 0 Å². The number of methoxy groups -OCH3 is 1. The summed E-state index contributed by atoms with van der Waals surface area (Å²) < 4.78 is 4.09. The van der Waals surface area contributed by atoms with Crippen LogP contribution < -0.4 is 10.8 Å². The van der Waals surface area contributed by atoms with E-state index in [0.29, 0.717) is 0 Å². The van der Waals surface area contributed by atoms with E-state index in [-0.39, 0.29) is 0 Å². The largest absolute Gasteiger partial charge is 0.618 e. The van der Waals surface area contributed by atoms with Gasteiger partial charge >= 0.3 is 6.09 Å². The van der Waals surface area contributed by atoms with Crippen LogP contribution in [0, 0.1) is 5.21 Å². The van der Waals surface area contributed by atoms with Crippen LogP contribution in [0.5, 0.6) is 23.0 Å². The number of rotatable bonds is 1. The van der Waals surface area contributed by atoms with Crippen LogP contribution in [0.2, 0.25) is 0 Å². The molecule has 1 amide bonds. The number of phenols is 4. The Morgan fingerprint density at radius 3 is 2.18 bits per heavy atom. The van der Waals surface area contributed by atoms with Gasteiger partial charge in [-0.05, 0) is 0 Å². The molecule has 0 aliphatic rings. The van der Waals surface area contributed by atoms with Gasteiger partial charge in [-0.1, -0.05) is 0 Å². The molecule has 94 valence electrons. The van der Waals surface area contributed by atoms with Gasteiger partial charge in [-0.25, -0.2) is 5.06 Å². The smallest absolute Gasteiger partial charge is 0.519 e. The van der Waals surface area contributed by atoms with Gasteiger partial charge in [0.1, 0.15) is 5.69 Å². The third-order valence-corrected chi connectivity index (χ3v) is 2.03. The zero-order valence-corrected chi connectivity index (χ0v) is 8.59. The van der Waals surface area contributed by atoms with E-state index in [1.807, 2.05) is 0 Å². The van der Waals surface area contributed by atoms with Gasteiger partial charge in [0.05, 0.1) is 7.11 Å². The summed E-state index contributed by atoms with van der Waals surface area (Å²) in [5.74, 6) is -4.30. The molecule has 7 N–H and O–H groups in total. The Labute approximate surface area is 94.5 Å². The second-order valence-electron chi connectivity index (χ2n) is 3.00. The van der Waals surface area contributed by atoms with Gasteiger partial charge < -0.3 is 36.1 Å². The van der Waals surface area contributed by atoms with E-state index in [2.05, 4.69) is 4.74 Å². The van der Waals surface area contributed by atoms with Gasteiger partial charge in [0.25, 0.3) is 0 Å². The lowest BCUT2D eigenvalue weighted by atomic mass is 10.2. The predicted molar refractivity (Wildman–Crippen MR) is 53.9 cm³/mol. The number of quaternary nitrogens is 1. The number of hydrogen-bond donors (Lipinski definition) is 6. The fraction of sp³-hybridized carbons (Fsp3) is 0.125. The number of benzene rings is 1. The molecule has 0 aliphatic heterocycles. The van der Waals surface area contributed by atoms with Crippen molar-refractivity contribution in [3.63, 3.8) is 0 Å². The number of phenolic OH excluding ortho intramolecular Hbond substituents is 4. The summed E-state index contributed by atoms with van der Waals surface area (Å²) in [5, 5.41) is 47.1. The Kier molecular flexibility index (Phi) is 3.16. The number of amides is 1. The van der Waals surface area contributed by atoms with Gasteiger partial charge in [-0.2, -0.15) is 4.79 Å². The molecule has 0 aliphatic carbocycles. The molecule has 0 radical (unpaired) electrons. The molecule has 0 saturated heterocycles. The topological polar surface area (TPSA) is 161 Å². The maximum atomic E-state index is 11.4. The molecule has 1 aromatic rings. The lowest BCUT2D eigenvalue weighted by Gasteiger charge is -2.20. The van der Waals surface area contributed by atoms with Crippen LogP contribution in [-0.4, -0.2) is 33.6 Å². The maximum Gasteiger partial charge on any atom is 0.519 e. The number of nitrogens with two attached hydrogens (primary N) is 1. The van der Waals surface area contributed by atoms with Crippen molar-refractivity contribution in [1.82, 2.24) is 0 Å². The molecule has 0 fully saturated rings. The van der Waals surface area contributed by atoms with Gasteiger partial charge in [-0.15, -0.1) is 0 Å². The first-order valence-electron chi connectivity index (χ1n) is 4.20. The molecule has 0 saturated carbocycles. The Balaban J connectivity index is 3.49. The highest BCUT2D eigenvalue weighted by atomic mass is 16.6. The summed E-state index contributed by atoms with van der Waals surface area (Å²) in [4.78, 5) is 10.9. The molecule has 1 aromatic carbocycles. The Bertz CT molecular complexity index is 444. The van der Waals surface area contributed by atoms with Crippen LogP contribution >= 0.6 is 0 Å². The lowest BCUT2D eigenvalue weighted by Crippen LogP contribution is -3.05. The van der Waals surface area contributed by atoms with Crippen molar-refractivity contribution in [3.8, 4) is 23.0 Å². The molecular weight excluding hydrogens is 236 g/mol. The Morgan fingerprint density at radius 2 is 1.71 bits per heavy atom. The van der Waals surface area contributed by atoms with Crippen LogP contribution in [0.4, 0.5) is 16.2 Å². The highest BCUT2D eigenvalue weighted by molar-refractivity contribution is 5.82. The minimum atomic E-state index is -1.41. The van der Waals surface area contributed by atoms with E-state index in [1.54, 1.807) is 0 Å². The van der Waals surface area contributed by atoms with Gasteiger partial charge in [0.2, 0.25) is 22.9 Å². The zero-order valence-electron chi connectivity index (χ0n) is 8.59. The van der Waals surface area contributed by atoms with Gasteiger partial charge in [0, 0.05) is 0 Å². The average Bonchev–Trinajstić information content (AvgIpc) is 2.32. The first kappa shape index (κ1) is 12.7. The predicted octanol–water partition coefficient (Wildman–Crippen LogP) is -1.13. The number of ether oxygens (including phenoxy) is 1. The molecule has 17 heavy (non-hydrogen) atoms. The van der Waals surface area contributed by atoms with Gasteiger partial charge in [-0.3, -0.25) is 0 Å². The van der Waals surface area contributed by atoms with E-state index >= 15 is 0 Å². The molecule has 0 bridgehead atoms. The van der Waals surface area contributed by atoms with Crippen molar-refractivity contribution in [2.75, 3.05) is 12.8 Å². The molecule has 1 atom stereocenters. The molecule has 0 aromatic heterocycles. The van der Waals surface area contributed by atoms with Crippen molar-refractivity contribution in [3.05, 3.63) is 5.21 Å². The minimum absolute atomic E-state index is 0.743. The number of carbonyl (C=O) groups excluding carboxylic acids is 1. The number of nitrogen functional groups attached to an aromatic ring is 1. The molecule has 1 rings (SSSR count). The van der Waals surface area contributed by atoms with Crippen LogP contribution in [0.1, 0.15) is 0 Å². The summed E-state index contributed by atoms with van der Waals surface area (Å²) in [6, 6.07) is 0. The molecule has 9 heteroatoms. The van der Waals surface area contributed by atoms with Crippen LogP contribution in [0.25, 0.3) is 0 Å². The molecular formula is C8H10N2O7. The van der Waals surface area contributed by atoms with Crippen LogP contribution in [0.3, 0.4) is 0 Å². The summed E-state index contributed by atoms with van der Waals surface area (Å²) >= 11 is 0. The third-order valence-electron chi connectivity index (χ3n) is 2.03. The monoisotopic (exact) mass is 246 g/mol. The van der Waals surface area contributed by atoms with Crippen molar-refractivity contribution >= 4 is 17.5 Å². The van der Waals surface area contributed by atoms with Crippen molar-refractivity contribution < 1.29 is 35.0 Å². The number of aromatic hydroxyl groups is 4. The lowest BCUT2D eigenvalue weighted by molar-refractivity contribution is -0.692. The quantitative estimate of drug-likeness (QED) is 0.157. The van der Waals surface area contributed by atoms with Crippen LogP contribution in [-0.2, 0) is 4.74 Å². The SMILES string of the molecule is COC(=O)[NH+]([O-])c1c(O)c(N)c(O)c(O)c1O. The minimum Gasteiger partial charge on any atom is -0.618 e. The van der Waals surface area contributed by atoms with E-state index < -0.39 is 45.5 Å². The second kappa shape index (κ2) is 4.23. The number of nitrogens with one attached hydrogen (secondary N) is 1. The molecule has 0 spiro atoms. The summed E-state index contributed by atoms with van der Waals surface area (Å²) in [5.41, 5.74) is 3.47. The highest BCUT2D eigenvalue weighted by Gasteiger charge is 2.30. The summed E-state index contributed by atoms with van der Waals surface area (Å²) in [7, 11) is 0.915. The second-order valence-corrected chi connectivity index (χ2v) is 3.00. The Morgan fingerprint density at radius 1 is 1.18 bits per heavy atom. The van der Waals surface area contributed by atoms with E-state index in [1.165, 1.54) is 0 Å². The average molecular weight is 246 g/mol. The number of carbonyl (C=O) groups is 1. The molecule has 1 unspecified atom stereocenters. The number of anilines is 1. The Hall–Kier alpha value is -2.39. The maximum absolute atomic E-state index is 11.4. The standard InChI is InChI=1S/C8H10N2O7/c1-17-8(15)10(16)3-4(11)2(9)5(12)7(14)6(3)13/h10-14H,9H2,1H3. The van der Waals surface area contributed by atoms with E-state index in [0.717, 1.165) is 7.11 Å². The van der Waals surface area contributed by atoms with E-state index in [4.69, 9.17) is 10.8 Å². The van der Waals surface area contributed by atoms with Crippen molar-refractivity contribution in [2.45, 2.75) is 0 Å². The molecule has 9 nitrogen and oxygen atoms in total. The highest BCUT2D eigenvalue weighted by Crippen LogP contribution is 2.49. The fourth-order valence-corrected chi connectivity index (χ4v) is 1.13. The fourth-order valence-electron chi connectivity index (χ4n) is 1.13. The first-order chi connectivity index (χ1) is 7.82. The number of hydrogen-bond acceptors (Lipinski definition) is 8. The first-order valence-corrected chi connectivity index (χ1v) is 4.20. The third kappa shape index (κ3) is 1.84. The number of hydroxylamine groups is 1. The van der Waals surface area contributed by atoms with Gasteiger partial charge in [0.15, 0.2) is 5.75 Å².